The maximum Gasteiger partial charge on any atom is 0.135 e. The number of hydrogen-bond donors (Lipinski definition) is 0. The van der Waals surface area contributed by atoms with E-state index in [1.165, 1.54) is 81.0 Å². The number of para-hydroxylation sites is 3. The van der Waals surface area contributed by atoms with Crippen LogP contribution in [0.4, 0.5) is 0 Å². The van der Waals surface area contributed by atoms with Crippen molar-refractivity contribution in [2.75, 3.05) is 0 Å². The molecule has 0 spiro atoms. The molecule has 0 radical (unpaired) electrons. The maximum atomic E-state index is 6.23. The molecule has 1 aliphatic rings. The van der Waals surface area contributed by atoms with Gasteiger partial charge in [-0.15, -0.1) is 11.3 Å². The minimum Gasteiger partial charge on any atom is -0.456 e. The number of rotatable bonds is 2. The van der Waals surface area contributed by atoms with E-state index in [0.717, 1.165) is 21.9 Å². The van der Waals surface area contributed by atoms with Gasteiger partial charge in [0.05, 0.1) is 16.7 Å². The van der Waals surface area contributed by atoms with Gasteiger partial charge in [-0.2, -0.15) is 0 Å². The minimum absolute atomic E-state index is 0.156. The van der Waals surface area contributed by atoms with Gasteiger partial charge in [0.15, 0.2) is 0 Å². The van der Waals surface area contributed by atoms with Gasteiger partial charge in [-0.1, -0.05) is 117 Å². The third-order valence-corrected chi connectivity index (χ3v) is 11.9. The fourth-order valence-corrected chi connectivity index (χ4v) is 10.0. The SMILES string of the molecule is CC1(C)c2ccccc2-c2c1c1c3ccccc3n(-c3ccccc3-c3ccc4oc5ccccc5c4c3)c1c1c2sc2ccccc21. The first-order valence-electron chi connectivity index (χ1n) is 16.6. The highest BCUT2D eigenvalue weighted by Crippen LogP contribution is 2.59. The second-order valence-corrected chi connectivity index (χ2v) is 14.7. The summed E-state index contributed by atoms with van der Waals surface area (Å²) in [6.45, 7) is 4.83. The highest BCUT2D eigenvalue weighted by molar-refractivity contribution is 7.26. The lowest BCUT2D eigenvalue weighted by Crippen LogP contribution is -2.15. The molecule has 10 aromatic rings. The summed E-state index contributed by atoms with van der Waals surface area (Å²) >= 11 is 1.94. The molecule has 226 valence electrons. The van der Waals surface area contributed by atoms with E-state index in [-0.39, 0.29) is 5.41 Å². The molecule has 0 fully saturated rings. The molecular formula is C45H29NOS. The largest absolute Gasteiger partial charge is 0.456 e. The number of furan rings is 1. The second-order valence-electron chi connectivity index (χ2n) is 13.6. The Kier molecular flexibility index (Phi) is 5.09. The average molecular weight is 632 g/mol. The second kappa shape index (κ2) is 9.25. The standard InChI is InChI=1S/C45H29NOS/c1-45(2)33-18-8-3-15-29(33)40-42(45)39-30-16-5-10-20-35(30)46(43(39)41-31-17-7-12-22-38(31)48-44(40)41)34-19-9-4-13-27(34)26-23-24-37-32(25-26)28-14-6-11-21-36(28)47-37/h3-25H,1-2H3. The highest BCUT2D eigenvalue weighted by Gasteiger charge is 2.40. The van der Waals surface area contributed by atoms with Gasteiger partial charge in [-0.3, -0.25) is 0 Å². The normalized spacial score (nSPS) is 13.8. The summed E-state index contributed by atoms with van der Waals surface area (Å²) in [6, 6.07) is 51.0. The lowest BCUT2D eigenvalue weighted by Gasteiger charge is -2.23. The molecule has 2 nitrogen and oxygen atoms in total. The van der Waals surface area contributed by atoms with Crippen molar-refractivity contribution >= 4 is 75.3 Å². The molecule has 0 saturated heterocycles. The van der Waals surface area contributed by atoms with Crippen LogP contribution in [0.5, 0.6) is 0 Å². The first-order valence-corrected chi connectivity index (χ1v) is 17.4. The highest BCUT2D eigenvalue weighted by atomic mass is 32.1. The molecule has 3 heterocycles. The third-order valence-electron chi connectivity index (χ3n) is 10.8. The lowest BCUT2D eigenvalue weighted by molar-refractivity contribution is 0.667. The fraction of sp³-hybridized carbons (Fsp3) is 0.0667. The molecule has 0 bridgehead atoms. The van der Waals surface area contributed by atoms with E-state index in [9.17, 15) is 0 Å². The maximum absolute atomic E-state index is 6.23. The molecule has 0 amide bonds. The van der Waals surface area contributed by atoms with Crippen molar-refractivity contribution in [2.45, 2.75) is 19.3 Å². The van der Waals surface area contributed by atoms with E-state index in [1.54, 1.807) is 0 Å². The number of aromatic nitrogens is 1. The van der Waals surface area contributed by atoms with Crippen molar-refractivity contribution in [3.63, 3.8) is 0 Å². The summed E-state index contributed by atoms with van der Waals surface area (Å²) in [5.74, 6) is 0. The molecule has 3 heteroatoms. The average Bonchev–Trinajstić information content (AvgIpc) is 3.85. The van der Waals surface area contributed by atoms with Gasteiger partial charge in [0, 0.05) is 58.3 Å². The zero-order valence-electron chi connectivity index (χ0n) is 26.5. The predicted octanol–water partition coefficient (Wildman–Crippen LogP) is 13.0. The van der Waals surface area contributed by atoms with Crippen LogP contribution in [-0.2, 0) is 5.41 Å². The van der Waals surface area contributed by atoms with Crippen molar-refractivity contribution in [3.05, 3.63) is 151 Å². The van der Waals surface area contributed by atoms with E-state index in [0.29, 0.717) is 0 Å². The molecule has 0 aliphatic heterocycles. The van der Waals surface area contributed by atoms with E-state index >= 15 is 0 Å². The quantitative estimate of drug-likeness (QED) is 0.186. The molecule has 0 N–H and O–H groups in total. The van der Waals surface area contributed by atoms with Crippen molar-refractivity contribution < 1.29 is 4.42 Å². The third kappa shape index (κ3) is 3.27. The fourth-order valence-electron chi connectivity index (χ4n) is 8.74. The van der Waals surface area contributed by atoms with E-state index < -0.39 is 0 Å². The summed E-state index contributed by atoms with van der Waals surface area (Å²) in [7, 11) is 0. The van der Waals surface area contributed by atoms with E-state index in [2.05, 4.69) is 152 Å². The lowest BCUT2D eigenvalue weighted by atomic mass is 9.80. The Morgan fingerprint density at radius 3 is 2.17 bits per heavy atom. The van der Waals surface area contributed by atoms with Crippen molar-refractivity contribution in [1.82, 2.24) is 4.57 Å². The van der Waals surface area contributed by atoms with Crippen LogP contribution in [0.1, 0.15) is 25.0 Å². The molecule has 3 aromatic heterocycles. The van der Waals surface area contributed by atoms with Crippen LogP contribution in [-0.4, -0.2) is 4.57 Å². The van der Waals surface area contributed by atoms with Crippen molar-refractivity contribution in [2.24, 2.45) is 0 Å². The first-order chi connectivity index (χ1) is 23.6. The summed E-state index contributed by atoms with van der Waals surface area (Å²) in [5, 5.41) is 7.62. The van der Waals surface area contributed by atoms with Gasteiger partial charge in [0.2, 0.25) is 0 Å². The van der Waals surface area contributed by atoms with Crippen LogP contribution < -0.4 is 0 Å². The zero-order chi connectivity index (χ0) is 31.7. The van der Waals surface area contributed by atoms with Gasteiger partial charge in [-0.25, -0.2) is 0 Å². The van der Waals surface area contributed by atoms with Crippen molar-refractivity contribution in [3.8, 4) is 27.9 Å². The predicted molar refractivity (Wildman–Crippen MR) is 204 cm³/mol. The summed E-state index contributed by atoms with van der Waals surface area (Å²) < 4.78 is 11.5. The van der Waals surface area contributed by atoms with Crippen LogP contribution >= 0.6 is 11.3 Å². The number of nitrogens with zero attached hydrogens (tertiary/aromatic N) is 1. The Bertz CT molecular complexity index is 2990. The summed E-state index contributed by atoms with van der Waals surface area (Å²) in [5.41, 5.74) is 13.4. The smallest absolute Gasteiger partial charge is 0.135 e. The van der Waals surface area contributed by atoms with Crippen LogP contribution in [0.25, 0.3) is 91.9 Å². The molecule has 0 atom stereocenters. The van der Waals surface area contributed by atoms with Crippen LogP contribution in [0.2, 0.25) is 0 Å². The molecule has 7 aromatic carbocycles. The Labute approximate surface area is 281 Å². The summed E-state index contributed by atoms with van der Waals surface area (Å²) in [6.07, 6.45) is 0. The van der Waals surface area contributed by atoms with E-state index in [1.807, 2.05) is 17.4 Å². The van der Waals surface area contributed by atoms with Gasteiger partial charge in [0.1, 0.15) is 11.2 Å². The molecule has 1 aliphatic carbocycles. The van der Waals surface area contributed by atoms with Gasteiger partial charge >= 0.3 is 0 Å². The molecule has 11 rings (SSSR count). The number of thiophene rings is 1. The zero-order valence-corrected chi connectivity index (χ0v) is 27.4. The van der Waals surface area contributed by atoms with Gasteiger partial charge in [0.25, 0.3) is 0 Å². The monoisotopic (exact) mass is 631 g/mol. The Hall–Kier alpha value is -5.64. The van der Waals surface area contributed by atoms with Gasteiger partial charge < -0.3 is 8.98 Å². The van der Waals surface area contributed by atoms with Crippen LogP contribution in [0, 0.1) is 0 Å². The van der Waals surface area contributed by atoms with Crippen LogP contribution in [0.15, 0.2) is 144 Å². The molecular weight excluding hydrogens is 603 g/mol. The van der Waals surface area contributed by atoms with Gasteiger partial charge in [-0.05, 0) is 58.7 Å². The summed E-state index contributed by atoms with van der Waals surface area (Å²) in [4.78, 5) is 0. The molecule has 0 saturated carbocycles. The van der Waals surface area contributed by atoms with Crippen LogP contribution in [0.3, 0.4) is 0 Å². The Balaban J connectivity index is 1.34. The molecule has 0 unspecified atom stereocenters. The number of fused-ring (bicyclic) bond motifs is 15. The minimum atomic E-state index is -0.156. The number of hydrogen-bond acceptors (Lipinski definition) is 2. The Morgan fingerprint density at radius 1 is 0.583 bits per heavy atom. The molecule has 48 heavy (non-hydrogen) atoms. The van der Waals surface area contributed by atoms with Crippen molar-refractivity contribution in [1.29, 1.82) is 0 Å². The Morgan fingerprint density at radius 2 is 1.27 bits per heavy atom. The van der Waals surface area contributed by atoms with E-state index in [4.69, 9.17) is 4.42 Å². The first kappa shape index (κ1) is 26.4. The topological polar surface area (TPSA) is 18.1 Å². The number of benzene rings is 7.